The monoisotopic (exact) mass is 433 g/mol. The van der Waals surface area contributed by atoms with Crippen molar-refractivity contribution >= 4 is 58.3 Å². The van der Waals surface area contributed by atoms with Crippen LogP contribution in [0.25, 0.3) is 6.08 Å². The molecular formula is C18H19Cl4N3O. The van der Waals surface area contributed by atoms with E-state index in [4.69, 9.17) is 52.1 Å². The number of rotatable bonds is 5. The van der Waals surface area contributed by atoms with Gasteiger partial charge in [-0.2, -0.15) is 0 Å². The lowest BCUT2D eigenvalue weighted by Crippen LogP contribution is -2.15. The highest BCUT2D eigenvalue weighted by Gasteiger charge is 2.03. The first kappa shape index (κ1) is 22.9. The molecule has 2 heterocycles. The third kappa shape index (κ3) is 8.97. The summed E-state index contributed by atoms with van der Waals surface area (Å²) in [6, 6.07) is 7.14. The molecule has 0 saturated heterocycles. The van der Waals surface area contributed by atoms with Gasteiger partial charge in [0.2, 0.25) is 0 Å². The van der Waals surface area contributed by atoms with Gasteiger partial charge in [-0.15, -0.1) is 0 Å². The Bertz CT molecular complexity index is 779. The maximum Gasteiger partial charge on any atom is 0.152 e. The summed E-state index contributed by atoms with van der Waals surface area (Å²) in [7, 11) is 0. The Morgan fingerprint density at radius 3 is 2.15 bits per heavy atom. The van der Waals surface area contributed by atoms with Crippen molar-refractivity contribution in [2.75, 3.05) is 0 Å². The van der Waals surface area contributed by atoms with Crippen LogP contribution in [-0.4, -0.2) is 21.8 Å². The number of hydrogen-bond donors (Lipinski definition) is 1. The predicted molar refractivity (Wildman–Crippen MR) is 110 cm³/mol. The molecule has 4 nitrogen and oxygen atoms in total. The highest BCUT2D eigenvalue weighted by molar-refractivity contribution is 6.33. The van der Waals surface area contributed by atoms with Crippen LogP contribution in [0.4, 0.5) is 0 Å². The molecule has 1 atom stereocenters. The second kappa shape index (κ2) is 11.5. The Hall–Kier alpha value is -1.17. The van der Waals surface area contributed by atoms with Crippen molar-refractivity contribution < 1.29 is 4.79 Å². The largest absolute Gasteiger partial charge is 0.328 e. The van der Waals surface area contributed by atoms with Gasteiger partial charge in [0.1, 0.15) is 20.6 Å². The highest BCUT2D eigenvalue weighted by Crippen LogP contribution is 2.18. The van der Waals surface area contributed by atoms with E-state index in [1.807, 2.05) is 13.0 Å². The summed E-state index contributed by atoms with van der Waals surface area (Å²) in [6.45, 7) is 3.44. The highest BCUT2D eigenvalue weighted by atomic mass is 35.5. The molecule has 0 radical (unpaired) electrons. The number of halogens is 4. The maximum atomic E-state index is 10.6. The Labute approximate surface area is 173 Å². The summed E-state index contributed by atoms with van der Waals surface area (Å²) in [5.41, 5.74) is 7.32. The number of carbonyl (C=O) groups is 1. The van der Waals surface area contributed by atoms with Crippen LogP contribution in [0.2, 0.25) is 20.6 Å². The second-order valence-electron chi connectivity index (χ2n) is 5.56. The van der Waals surface area contributed by atoms with Gasteiger partial charge in [0.15, 0.2) is 5.78 Å². The van der Waals surface area contributed by atoms with Crippen LogP contribution in [0.3, 0.4) is 0 Å². The van der Waals surface area contributed by atoms with Crippen LogP contribution in [0.5, 0.6) is 0 Å². The molecule has 0 amide bonds. The summed E-state index contributed by atoms with van der Waals surface area (Å²) in [6.07, 6.45) is 4.79. The fourth-order valence-electron chi connectivity index (χ4n) is 1.76. The fourth-order valence-corrected chi connectivity index (χ4v) is 2.61. The average molecular weight is 435 g/mol. The molecule has 2 aromatic heterocycles. The molecule has 0 bridgehead atoms. The second-order valence-corrected chi connectivity index (χ2v) is 7.05. The first-order chi connectivity index (χ1) is 12.2. The molecule has 0 spiro atoms. The summed E-state index contributed by atoms with van der Waals surface area (Å²) in [5, 5.41) is 1.54. The molecule has 0 aliphatic heterocycles. The van der Waals surface area contributed by atoms with Crippen LogP contribution >= 0.6 is 46.4 Å². The van der Waals surface area contributed by atoms with Crippen molar-refractivity contribution in [3.05, 3.63) is 62.1 Å². The maximum absolute atomic E-state index is 10.6. The third-order valence-electron chi connectivity index (χ3n) is 3.10. The van der Waals surface area contributed by atoms with Crippen molar-refractivity contribution in [3.8, 4) is 0 Å². The molecule has 2 N–H and O–H groups in total. The number of nitrogens with two attached hydrogens (primary N) is 1. The number of hydrogen-bond acceptors (Lipinski definition) is 4. The first-order valence-corrected chi connectivity index (χ1v) is 9.27. The molecule has 140 valence electrons. The molecule has 0 aliphatic rings. The number of nitrogens with zero attached hydrogens (tertiary/aromatic N) is 2. The van der Waals surface area contributed by atoms with Crippen molar-refractivity contribution in [2.45, 2.75) is 32.7 Å². The lowest BCUT2D eigenvalue weighted by Gasteiger charge is -2.05. The van der Waals surface area contributed by atoms with Gasteiger partial charge in [0.05, 0.1) is 0 Å². The number of allylic oxidation sites excluding steroid dienone is 1. The van der Waals surface area contributed by atoms with E-state index < -0.39 is 0 Å². The van der Waals surface area contributed by atoms with E-state index in [1.54, 1.807) is 24.3 Å². The summed E-state index contributed by atoms with van der Waals surface area (Å²) in [4.78, 5) is 18.4. The fraction of sp³-hybridized carbons (Fsp3) is 0.278. The van der Waals surface area contributed by atoms with Gasteiger partial charge in [0, 0.05) is 11.6 Å². The Kier molecular flexibility index (Phi) is 10.1. The van der Waals surface area contributed by atoms with E-state index in [2.05, 4.69) is 9.97 Å². The van der Waals surface area contributed by atoms with Crippen LogP contribution in [0, 0.1) is 0 Å². The van der Waals surface area contributed by atoms with Crippen molar-refractivity contribution in [3.63, 3.8) is 0 Å². The lowest BCUT2D eigenvalue weighted by atomic mass is 10.1. The summed E-state index contributed by atoms with van der Waals surface area (Å²) >= 11 is 22.9. The van der Waals surface area contributed by atoms with E-state index in [0.717, 1.165) is 18.4 Å². The average Bonchev–Trinajstić information content (AvgIpc) is 2.53. The predicted octanol–water partition coefficient (Wildman–Crippen LogP) is 5.66. The number of aromatic nitrogens is 2. The standard InChI is InChI=1S/C9H12Cl2N2.C9H7Cl2NO/c1-6(12)2-3-7-4-5-8(10)13-9(7)11;1-6(13)2-3-7-4-5-8(10)12-9(7)11/h4-6H,2-3,12H2,1H3;2-5H,1H3. The number of ketones is 1. The molecule has 8 heteroatoms. The van der Waals surface area contributed by atoms with Crippen LogP contribution < -0.4 is 5.73 Å². The van der Waals surface area contributed by atoms with Crippen LogP contribution in [-0.2, 0) is 11.2 Å². The van der Waals surface area contributed by atoms with Crippen LogP contribution in [0.15, 0.2) is 30.3 Å². The minimum Gasteiger partial charge on any atom is -0.328 e. The van der Waals surface area contributed by atoms with E-state index in [-0.39, 0.29) is 11.8 Å². The zero-order valence-corrected chi connectivity index (χ0v) is 17.4. The summed E-state index contributed by atoms with van der Waals surface area (Å²) < 4.78 is 0. The van der Waals surface area contributed by atoms with Crippen LogP contribution in [0.1, 0.15) is 31.4 Å². The topological polar surface area (TPSA) is 68.9 Å². The number of carbonyl (C=O) groups excluding carboxylic acids is 1. The third-order valence-corrected chi connectivity index (χ3v) is 4.15. The quantitative estimate of drug-likeness (QED) is 0.486. The lowest BCUT2D eigenvalue weighted by molar-refractivity contribution is -0.112. The molecule has 2 aromatic rings. The zero-order chi connectivity index (χ0) is 19.7. The van der Waals surface area contributed by atoms with Gasteiger partial charge < -0.3 is 5.73 Å². The van der Waals surface area contributed by atoms with E-state index in [9.17, 15) is 4.79 Å². The van der Waals surface area contributed by atoms with Gasteiger partial charge in [-0.1, -0.05) is 52.5 Å². The van der Waals surface area contributed by atoms with Crippen molar-refractivity contribution in [1.82, 2.24) is 9.97 Å². The molecule has 2 rings (SSSR count). The summed E-state index contributed by atoms with van der Waals surface area (Å²) in [5.74, 6) is -0.0361. The van der Waals surface area contributed by atoms with Gasteiger partial charge >= 0.3 is 0 Å². The number of pyridine rings is 2. The number of aryl methyl sites for hydroxylation is 1. The Balaban J connectivity index is 0.000000260. The molecule has 26 heavy (non-hydrogen) atoms. The Morgan fingerprint density at radius 2 is 1.65 bits per heavy atom. The van der Waals surface area contributed by atoms with Gasteiger partial charge in [-0.05, 0) is 62.6 Å². The minimum absolute atomic E-state index is 0.0361. The van der Waals surface area contributed by atoms with Gasteiger partial charge in [0.25, 0.3) is 0 Å². The molecule has 0 fully saturated rings. The molecule has 1 unspecified atom stereocenters. The van der Waals surface area contributed by atoms with Gasteiger partial charge in [-0.3, -0.25) is 4.79 Å². The van der Waals surface area contributed by atoms with E-state index in [0.29, 0.717) is 26.2 Å². The van der Waals surface area contributed by atoms with E-state index in [1.165, 1.54) is 13.0 Å². The zero-order valence-electron chi connectivity index (χ0n) is 14.3. The van der Waals surface area contributed by atoms with Crippen molar-refractivity contribution in [1.29, 1.82) is 0 Å². The Morgan fingerprint density at radius 1 is 1.08 bits per heavy atom. The van der Waals surface area contributed by atoms with Gasteiger partial charge in [-0.25, -0.2) is 9.97 Å². The molecular weight excluding hydrogens is 416 g/mol. The molecule has 0 saturated carbocycles. The SMILES string of the molecule is CC(=O)C=Cc1ccc(Cl)nc1Cl.CC(N)CCc1ccc(Cl)nc1Cl. The minimum atomic E-state index is -0.0361. The molecule has 0 aromatic carbocycles. The first-order valence-electron chi connectivity index (χ1n) is 7.76. The molecule has 0 aliphatic carbocycles. The van der Waals surface area contributed by atoms with Crippen molar-refractivity contribution in [2.24, 2.45) is 5.73 Å². The normalized spacial score (nSPS) is 11.8. The smallest absolute Gasteiger partial charge is 0.152 e. The van der Waals surface area contributed by atoms with E-state index >= 15 is 0 Å².